The van der Waals surface area contributed by atoms with Crippen LogP contribution in [-0.4, -0.2) is 26.6 Å². The van der Waals surface area contributed by atoms with Crippen molar-refractivity contribution in [1.29, 1.82) is 0 Å². The second kappa shape index (κ2) is 9.54. The molecule has 0 aliphatic carbocycles. The van der Waals surface area contributed by atoms with Gasteiger partial charge in [-0.05, 0) is 42.5 Å². The highest BCUT2D eigenvalue weighted by Gasteiger charge is 2.40. The quantitative estimate of drug-likeness (QED) is 0.311. The van der Waals surface area contributed by atoms with E-state index in [1.165, 1.54) is 44.6 Å². The summed E-state index contributed by atoms with van der Waals surface area (Å²) in [7, 11) is 2.80. The molecule has 9 heteroatoms. The molecule has 4 rings (SSSR count). The SMILES string of the molecule is COc1ccc(C(=O)COc2ccc3c(=O)c(-c4ccccc4OC)c(C(F)(F)F)oc3c2)cc1. The van der Waals surface area contributed by atoms with Crippen molar-refractivity contribution in [3.05, 3.63) is 88.3 Å². The molecule has 180 valence electrons. The zero-order chi connectivity index (χ0) is 25.2. The molecule has 1 aromatic heterocycles. The first-order valence-electron chi connectivity index (χ1n) is 10.3. The van der Waals surface area contributed by atoms with Crippen LogP contribution in [0.1, 0.15) is 16.1 Å². The summed E-state index contributed by atoms with van der Waals surface area (Å²) in [5.74, 6) is -1.05. The first-order valence-corrected chi connectivity index (χ1v) is 10.3. The van der Waals surface area contributed by atoms with Crippen molar-refractivity contribution in [2.75, 3.05) is 20.8 Å². The topological polar surface area (TPSA) is 75.0 Å². The van der Waals surface area contributed by atoms with Crippen molar-refractivity contribution >= 4 is 16.8 Å². The van der Waals surface area contributed by atoms with Gasteiger partial charge in [-0.1, -0.05) is 18.2 Å². The predicted octanol–water partition coefficient (Wildman–Crippen LogP) is 5.76. The van der Waals surface area contributed by atoms with Crippen LogP contribution >= 0.6 is 0 Å². The molecule has 0 saturated heterocycles. The molecule has 0 fully saturated rings. The minimum atomic E-state index is -4.95. The third-order valence-electron chi connectivity index (χ3n) is 5.28. The highest BCUT2D eigenvalue weighted by molar-refractivity contribution is 5.97. The number of para-hydroxylation sites is 1. The molecule has 6 nitrogen and oxygen atoms in total. The fourth-order valence-corrected chi connectivity index (χ4v) is 3.57. The number of ketones is 1. The molecule has 0 N–H and O–H groups in total. The molecule has 0 atom stereocenters. The summed E-state index contributed by atoms with van der Waals surface area (Å²) in [6.07, 6.45) is -4.95. The maximum atomic E-state index is 13.9. The molecule has 35 heavy (non-hydrogen) atoms. The third kappa shape index (κ3) is 4.84. The first-order chi connectivity index (χ1) is 16.7. The molecule has 3 aromatic carbocycles. The summed E-state index contributed by atoms with van der Waals surface area (Å²) < 4.78 is 62.6. The van der Waals surface area contributed by atoms with E-state index in [1.807, 2.05) is 0 Å². The number of methoxy groups -OCH3 is 2. The van der Waals surface area contributed by atoms with Crippen LogP contribution < -0.4 is 19.6 Å². The van der Waals surface area contributed by atoms with E-state index in [-0.39, 0.29) is 40.4 Å². The highest BCUT2D eigenvalue weighted by atomic mass is 19.4. The van der Waals surface area contributed by atoms with Gasteiger partial charge in [0.1, 0.15) is 22.8 Å². The van der Waals surface area contributed by atoms with Crippen molar-refractivity contribution in [3.63, 3.8) is 0 Å². The molecule has 0 amide bonds. The van der Waals surface area contributed by atoms with Crippen LogP contribution in [0.2, 0.25) is 0 Å². The minimum Gasteiger partial charge on any atom is -0.497 e. The number of hydrogen-bond donors (Lipinski definition) is 0. The van der Waals surface area contributed by atoms with Crippen LogP contribution in [0, 0.1) is 0 Å². The van der Waals surface area contributed by atoms with E-state index in [4.69, 9.17) is 18.6 Å². The summed E-state index contributed by atoms with van der Waals surface area (Å²) in [5.41, 5.74) is -1.51. The Hall–Kier alpha value is -4.27. The number of benzene rings is 3. The second-order valence-electron chi connectivity index (χ2n) is 7.43. The number of Topliss-reactive ketones (excluding diaryl/α,β-unsaturated/α-hetero) is 1. The Morgan fingerprint density at radius 1 is 0.914 bits per heavy atom. The maximum Gasteiger partial charge on any atom is 0.450 e. The van der Waals surface area contributed by atoms with Gasteiger partial charge in [0.05, 0.1) is 25.2 Å². The molecule has 1 heterocycles. The predicted molar refractivity (Wildman–Crippen MR) is 122 cm³/mol. The average molecular weight is 484 g/mol. The lowest BCUT2D eigenvalue weighted by Gasteiger charge is -2.15. The van der Waals surface area contributed by atoms with E-state index in [0.29, 0.717) is 11.3 Å². The molecule has 0 unspecified atom stereocenters. The lowest BCUT2D eigenvalue weighted by atomic mass is 10.0. The van der Waals surface area contributed by atoms with E-state index >= 15 is 0 Å². The zero-order valence-corrected chi connectivity index (χ0v) is 18.6. The van der Waals surface area contributed by atoms with Crippen molar-refractivity contribution in [2.45, 2.75) is 6.18 Å². The van der Waals surface area contributed by atoms with Gasteiger partial charge in [-0.25, -0.2) is 0 Å². The molecule has 0 bridgehead atoms. The van der Waals surface area contributed by atoms with Gasteiger partial charge in [-0.15, -0.1) is 0 Å². The Balaban J connectivity index is 1.71. The Morgan fingerprint density at radius 2 is 1.60 bits per heavy atom. The van der Waals surface area contributed by atoms with Crippen molar-refractivity contribution in [1.82, 2.24) is 0 Å². The summed E-state index contributed by atoms with van der Waals surface area (Å²) in [6.45, 7) is -0.368. The number of carbonyl (C=O) groups excluding carboxylic acids is 1. The Bertz CT molecular complexity index is 1440. The lowest BCUT2D eigenvalue weighted by molar-refractivity contribution is -0.152. The maximum absolute atomic E-state index is 13.9. The summed E-state index contributed by atoms with van der Waals surface area (Å²) in [6, 6.07) is 16.1. The molecular formula is C26H19F3O6. The Kier molecular flexibility index (Phi) is 6.50. The largest absolute Gasteiger partial charge is 0.497 e. The standard InChI is InChI=1S/C26H19F3O6/c1-32-16-9-7-15(8-10-16)20(30)14-34-17-11-12-19-22(13-17)35-25(26(27,28)29)23(24(19)31)18-5-3-4-6-21(18)33-2/h3-13H,14H2,1-2H3. The summed E-state index contributed by atoms with van der Waals surface area (Å²) in [5, 5.41) is -0.0762. The number of hydrogen-bond acceptors (Lipinski definition) is 6. The number of fused-ring (bicyclic) bond motifs is 1. The van der Waals surface area contributed by atoms with Gasteiger partial charge in [0, 0.05) is 17.2 Å². The first kappa shape index (κ1) is 23.9. The molecule has 0 spiro atoms. The van der Waals surface area contributed by atoms with Gasteiger partial charge >= 0.3 is 6.18 Å². The van der Waals surface area contributed by atoms with Crippen molar-refractivity contribution < 1.29 is 36.6 Å². The van der Waals surface area contributed by atoms with E-state index in [2.05, 4.69) is 0 Å². The van der Waals surface area contributed by atoms with E-state index < -0.39 is 22.9 Å². The van der Waals surface area contributed by atoms with Crippen LogP contribution in [0.3, 0.4) is 0 Å². The molecule has 4 aromatic rings. The molecule has 0 aliphatic rings. The number of alkyl halides is 3. The summed E-state index contributed by atoms with van der Waals surface area (Å²) in [4.78, 5) is 25.5. The number of halogens is 3. The smallest absolute Gasteiger partial charge is 0.450 e. The number of carbonyl (C=O) groups is 1. The fourth-order valence-electron chi connectivity index (χ4n) is 3.57. The lowest BCUT2D eigenvalue weighted by Crippen LogP contribution is -2.16. The monoisotopic (exact) mass is 484 g/mol. The van der Waals surface area contributed by atoms with Gasteiger partial charge in [0.15, 0.2) is 12.4 Å². The van der Waals surface area contributed by atoms with E-state index in [0.717, 1.165) is 6.07 Å². The fraction of sp³-hybridized carbons (Fsp3) is 0.154. The average Bonchev–Trinajstić information content (AvgIpc) is 2.86. The summed E-state index contributed by atoms with van der Waals surface area (Å²) >= 11 is 0. The third-order valence-corrected chi connectivity index (χ3v) is 5.28. The van der Waals surface area contributed by atoms with Gasteiger partial charge in [0.25, 0.3) is 0 Å². The molecular weight excluding hydrogens is 465 g/mol. The van der Waals surface area contributed by atoms with Gasteiger partial charge in [-0.2, -0.15) is 13.2 Å². The van der Waals surface area contributed by atoms with Crippen LogP contribution in [0.5, 0.6) is 17.2 Å². The zero-order valence-electron chi connectivity index (χ0n) is 18.6. The normalized spacial score (nSPS) is 11.3. The van der Waals surface area contributed by atoms with E-state index in [1.54, 1.807) is 30.3 Å². The van der Waals surface area contributed by atoms with Crippen LogP contribution in [-0.2, 0) is 6.18 Å². The molecule has 0 radical (unpaired) electrons. The van der Waals surface area contributed by atoms with E-state index in [9.17, 15) is 22.8 Å². The highest BCUT2D eigenvalue weighted by Crippen LogP contribution is 2.40. The van der Waals surface area contributed by atoms with Crippen LogP contribution in [0.15, 0.2) is 75.9 Å². The van der Waals surface area contributed by atoms with Gasteiger partial charge in [0.2, 0.25) is 11.2 Å². The van der Waals surface area contributed by atoms with Crippen LogP contribution in [0.4, 0.5) is 13.2 Å². The van der Waals surface area contributed by atoms with Crippen molar-refractivity contribution in [2.24, 2.45) is 0 Å². The Labute approximate surface area is 197 Å². The number of ether oxygens (including phenoxy) is 3. The molecule has 0 saturated carbocycles. The van der Waals surface area contributed by atoms with Gasteiger partial charge < -0.3 is 18.6 Å². The second-order valence-corrected chi connectivity index (χ2v) is 7.43. The Morgan fingerprint density at radius 3 is 2.26 bits per heavy atom. The van der Waals surface area contributed by atoms with Crippen molar-refractivity contribution in [3.8, 4) is 28.4 Å². The minimum absolute atomic E-state index is 0.0385. The molecule has 0 aliphatic heterocycles. The number of rotatable bonds is 7. The van der Waals surface area contributed by atoms with Crippen LogP contribution in [0.25, 0.3) is 22.1 Å². The van der Waals surface area contributed by atoms with Gasteiger partial charge in [-0.3, -0.25) is 9.59 Å².